The van der Waals surface area contributed by atoms with Crippen molar-refractivity contribution in [2.75, 3.05) is 6.61 Å². The Bertz CT molecular complexity index is 470. The van der Waals surface area contributed by atoms with Gasteiger partial charge in [-0.15, -0.1) is 11.3 Å². The molecule has 0 bridgehead atoms. The van der Waals surface area contributed by atoms with Crippen LogP contribution in [-0.2, 0) is 13.0 Å². The van der Waals surface area contributed by atoms with Gasteiger partial charge in [-0.2, -0.15) is 0 Å². The number of rotatable bonds is 5. The maximum atomic E-state index is 5.78. The number of hydrogen-bond donors (Lipinski definition) is 1. The summed E-state index contributed by atoms with van der Waals surface area (Å²) in [4.78, 5) is 4.37. The van der Waals surface area contributed by atoms with E-state index < -0.39 is 0 Å². The summed E-state index contributed by atoms with van der Waals surface area (Å²) in [6.45, 7) is 1.11. The summed E-state index contributed by atoms with van der Waals surface area (Å²) in [6.07, 6.45) is 0.791. The van der Waals surface area contributed by atoms with Crippen molar-refractivity contribution < 1.29 is 4.74 Å². The lowest BCUT2D eigenvalue weighted by molar-refractivity contribution is 0.320. The predicted octanol–water partition coefficient (Wildman–Crippen LogP) is 2.88. The van der Waals surface area contributed by atoms with E-state index in [1.807, 2.05) is 29.6 Å². The minimum Gasteiger partial charge on any atom is -0.493 e. The number of nitrogens with zero attached hydrogens (tertiary/aromatic N) is 1. The van der Waals surface area contributed by atoms with E-state index in [1.165, 1.54) is 0 Å². The summed E-state index contributed by atoms with van der Waals surface area (Å²) >= 11 is 7.37. The molecule has 90 valence electrons. The molecule has 0 unspecified atom stereocenters. The van der Waals surface area contributed by atoms with E-state index in [0.29, 0.717) is 18.2 Å². The zero-order valence-electron chi connectivity index (χ0n) is 9.23. The maximum Gasteiger partial charge on any atom is 0.119 e. The molecule has 0 fully saturated rings. The van der Waals surface area contributed by atoms with Gasteiger partial charge in [0.1, 0.15) is 10.8 Å². The standard InChI is InChI=1S/C12H13ClN2OS/c13-9-1-3-11(4-2-9)16-6-5-10-8-17-12(7-14)15-10/h1-4,8H,5-7,14H2. The maximum absolute atomic E-state index is 5.78. The van der Waals surface area contributed by atoms with Crippen molar-refractivity contribution in [3.8, 4) is 5.75 Å². The largest absolute Gasteiger partial charge is 0.493 e. The van der Waals surface area contributed by atoms with Gasteiger partial charge in [0.25, 0.3) is 0 Å². The molecule has 0 aliphatic rings. The molecule has 17 heavy (non-hydrogen) atoms. The third-order valence-corrected chi connectivity index (χ3v) is 3.39. The number of benzene rings is 1. The normalized spacial score (nSPS) is 10.5. The number of hydrogen-bond acceptors (Lipinski definition) is 4. The molecule has 0 saturated carbocycles. The van der Waals surface area contributed by atoms with Gasteiger partial charge in [-0.25, -0.2) is 4.98 Å². The molecular formula is C12H13ClN2OS. The Hall–Kier alpha value is -1.10. The van der Waals surface area contributed by atoms with Crippen LogP contribution in [-0.4, -0.2) is 11.6 Å². The van der Waals surface area contributed by atoms with Crippen LogP contribution in [0.4, 0.5) is 0 Å². The van der Waals surface area contributed by atoms with Crippen LogP contribution in [0.25, 0.3) is 0 Å². The predicted molar refractivity (Wildman–Crippen MR) is 70.7 cm³/mol. The second kappa shape index (κ2) is 6.00. The highest BCUT2D eigenvalue weighted by Gasteiger charge is 2.01. The van der Waals surface area contributed by atoms with Crippen LogP contribution in [0, 0.1) is 0 Å². The van der Waals surface area contributed by atoms with Gasteiger partial charge in [-0.05, 0) is 24.3 Å². The lowest BCUT2D eigenvalue weighted by Gasteiger charge is -2.04. The third-order valence-electron chi connectivity index (χ3n) is 2.21. The zero-order chi connectivity index (χ0) is 12.1. The van der Waals surface area contributed by atoms with Crippen LogP contribution in [0.2, 0.25) is 5.02 Å². The summed E-state index contributed by atoms with van der Waals surface area (Å²) in [6, 6.07) is 7.34. The first-order chi connectivity index (χ1) is 8.28. The number of halogens is 1. The second-order valence-corrected chi connectivity index (χ2v) is 4.87. The molecule has 2 rings (SSSR count). The van der Waals surface area contributed by atoms with E-state index in [9.17, 15) is 0 Å². The van der Waals surface area contributed by atoms with Crippen LogP contribution in [0.3, 0.4) is 0 Å². The van der Waals surface area contributed by atoms with Crippen LogP contribution in [0.15, 0.2) is 29.6 Å². The molecule has 1 heterocycles. The molecule has 0 radical (unpaired) electrons. The van der Waals surface area contributed by atoms with Crippen molar-refractivity contribution in [3.05, 3.63) is 45.4 Å². The topological polar surface area (TPSA) is 48.1 Å². The smallest absolute Gasteiger partial charge is 0.119 e. The molecule has 2 aromatic rings. The van der Waals surface area contributed by atoms with E-state index in [0.717, 1.165) is 22.9 Å². The van der Waals surface area contributed by atoms with Gasteiger partial charge < -0.3 is 10.5 Å². The Balaban J connectivity index is 1.81. The molecular weight excluding hydrogens is 256 g/mol. The molecule has 0 atom stereocenters. The van der Waals surface area contributed by atoms with Crippen LogP contribution < -0.4 is 10.5 Å². The fourth-order valence-corrected chi connectivity index (χ4v) is 2.20. The summed E-state index contributed by atoms with van der Waals surface area (Å²) in [5.41, 5.74) is 6.53. The van der Waals surface area contributed by atoms with Gasteiger partial charge in [0.05, 0.1) is 12.3 Å². The molecule has 0 saturated heterocycles. The van der Waals surface area contributed by atoms with Crippen molar-refractivity contribution >= 4 is 22.9 Å². The number of aromatic nitrogens is 1. The van der Waals surface area contributed by atoms with Crippen molar-refractivity contribution in [3.63, 3.8) is 0 Å². The van der Waals surface area contributed by atoms with Gasteiger partial charge in [0.15, 0.2) is 0 Å². The van der Waals surface area contributed by atoms with Crippen LogP contribution in [0.1, 0.15) is 10.7 Å². The van der Waals surface area contributed by atoms with Gasteiger partial charge in [0, 0.05) is 23.4 Å². The molecule has 1 aromatic heterocycles. The molecule has 1 aromatic carbocycles. The van der Waals surface area contributed by atoms with Gasteiger partial charge >= 0.3 is 0 Å². The monoisotopic (exact) mass is 268 g/mol. The Morgan fingerprint density at radius 2 is 2.06 bits per heavy atom. The first-order valence-corrected chi connectivity index (χ1v) is 6.55. The first-order valence-electron chi connectivity index (χ1n) is 5.29. The van der Waals surface area contributed by atoms with Crippen molar-refractivity contribution in [2.24, 2.45) is 5.73 Å². The second-order valence-electron chi connectivity index (χ2n) is 3.49. The zero-order valence-corrected chi connectivity index (χ0v) is 10.8. The summed E-state index contributed by atoms with van der Waals surface area (Å²) in [5.74, 6) is 0.823. The van der Waals surface area contributed by atoms with E-state index in [2.05, 4.69) is 4.98 Å². The molecule has 0 spiro atoms. The molecule has 0 amide bonds. The summed E-state index contributed by atoms with van der Waals surface area (Å²) in [7, 11) is 0. The fraction of sp³-hybridized carbons (Fsp3) is 0.250. The van der Waals surface area contributed by atoms with Gasteiger partial charge in [-0.3, -0.25) is 0 Å². The number of thiazole rings is 1. The minimum absolute atomic E-state index is 0.503. The average Bonchev–Trinajstić information content (AvgIpc) is 2.80. The molecule has 5 heteroatoms. The fourth-order valence-electron chi connectivity index (χ4n) is 1.36. The third kappa shape index (κ3) is 3.70. The Kier molecular flexibility index (Phi) is 4.36. The van der Waals surface area contributed by atoms with E-state index in [4.69, 9.17) is 22.1 Å². The minimum atomic E-state index is 0.503. The number of ether oxygens (including phenoxy) is 1. The summed E-state index contributed by atoms with van der Waals surface area (Å²) < 4.78 is 5.58. The van der Waals surface area contributed by atoms with E-state index in [1.54, 1.807) is 11.3 Å². The molecule has 3 nitrogen and oxygen atoms in total. The highest BCUT2D eigenvalue weighted by Crippen LogP contribution is 2.16. The molecule has 0 aliphatic heterocycles. The first kappa shape index (κ1) is 12.4. The Morgan fingerprint density at radius 3 is 2.71 bits per heavy atom. The number of nitrogens with two attached hydrogens (primary N) is 1. The van der Waals surface area contributed by atoms with Crippen molar-refractivity contribution in [1.29, 1.82) is 0 Å². The van der Waals surface area contributed by atoms with Crippen LogP contribution >= 0.6 is 22.9 Å². The van der Waals surface area contributed by atoms with Gasteiger partial charge in [0.2, 0.25) is 0 Å². The highest BCUT2D eigenvalue weighted by molar-refractivity contribution is 7.09. The lowest BCUT2D eigenvalue weighted by atomic mass is 10.3. The SMILES string of the molecule is NCc1nc(CCOc2ccc(Cl)cc2)cs1. The van der Waals surface area contributed by atoms with Crippen LogP contribution in [0.5, 0.6) is 5.75 Å². The van der Waals surface area contributed by atoms with E-state index in [-0.39, 0.29) is 0 Å². The van der Waals surface area contributed by atoms with E-state index >= 15 is 0 Å². The average molecular weight is 269 g/mol. The lowest BCUT2D eigenvalue weighted by Crippen LogP contribution is -2.02. The highest BCUT2D eigenvalue weighted by atomic mass is 35.5. The van der Waals surface area contributed by atoms with Crippen molar-refractivity contribution in [2.45, 2.75) is 13.0 Å². The summed E-state index contributed by atoms with van der Waals surface area (Å²) in [5, 5.41) is 3.70. The Morgan fingerprint density at radius 1 is 1.29 bits per heavy atom. The molecule has 0 aliphatic carbocycles. The Labute approximate surface area is 109 Å². The molecule has 2 N–H and O–H groups in total. The quantitative estimate of drug-likeness (QED) is 0.907. The van der Waals surface area contributed by atoms with Crippen molar-refractivity contribution in [1.82, 2.24) is 4.98 Å². The van der Waals surface area contributed by atoms with Gasteiger partial charge in [-0.1, -0.05) is 11.6 Å².